The van der Waals surface area contributed by atoms with E-state index < -0.39 is 5.56 Å². The van der Waals surface area contributed by atoms with Gasteiger partial charge in [-0.3, -0.25) is 9.59 Å². The van der Waals surface area contributed by atoms with Crippen LogP contribution in [-0.4, -0.2) is 64.5 Å². The van der Waals surface area contributed by atoms with Crippen LogP contribution in [0, 0.1) is 0 Å². The number of pyridine rings is 1. The van der Waals surface area contributed by atoms with Gasteiger partial charge in [-0.15, -0.1) is 4.73 Å². The summed E-state index contributed by atoms with van der Waals surface area (Å²) >= 11 is 12.7. The van der Waals surface area contributed by atoms with Gasteiger partial charge in [-0.1, -0.05) is 29.3 Å². The molecule has 36 heavy (non-hydrogen) atoms. The number of carbonyl (C=O) groups excluding carboxylic acids is 1. The molecule has 0 bridgehead atoms. The normalized spacial score (nSPS) is 11.0. The Kier molecular flexibility index (Phi) is 7.78. The van der Waals surface area contributed by atoms with E-state index in [2.05, 4.69) is 15.3 Å². The summed E-state index contributed by atoms with van der Waals surface area (Å²) < 4.78 is 7.83. The van der Waals surface area contributed by atoms with Crippen molar-refractivity contribution in [3.63, 3.8) is 0 Å². The fourth-order valence-electron chi connectivity index (χ4n) is 3.61. The fourth-order valence-corrected chi connectivity index (χ4v) is 4.21. The van der Waals surface area contributed by atoms with Crippen LogP contribution < -0.4 is 15.7 Å². The summed E-state index contributed by atoms with van der Waals surface area (Å²) in [6, 6.07) is 8.44. The number of rotatable bonds is 9. The molecule has 0 aliphatic heterocycles. The predicted octanol–water partition coefficient (Wildman–Crippen LogP) is 3.47. The molecule has 10 nitrogen and oxygen atoms in total. The van der Waals surface area contributed by atoms with E-state index in [1.54, 1.807) is 72.5 Å². The van der Waals surface area contributed by atoms with Crippen LogP contribution in [-0.2, 0) is 16.1 Å². The van der Waals surface area contributed by atoms with Crippen LogP contribution in [0.4, 0.5) is 11.6 Å². The van der Waals surface area contributed by atoms with Gasteiger partial charge in [0.2, 0.25) is 11.9 Å². The topological polar surface area (TPSA) is 104 Å². The number of nitrogens with one attached hydrogen (secondary N) is 1. The Morgan fingerprint density at radius 1 is 1.19 bits per heavy atom. The molecule has 0 atom stereocenters. The Morgan fingerprint density at radius 3 is 2.64 bits per heavy atom. The van der Waals surface area contributed by atoms with E-state index in [1.165, 1.54) is 7.11 Å². The van der Waals surface area contributed by atoms with Crippen molar-refractivity contribution < 1.29 is 14.4 Å². The molecule has 1 amide bonds. The van der Waals surface area contributed by atoms with Crippen LogP contribution in [0.1, 0.15) is 0 Å². The first kappa shape index (κ1) is 25.5. The molecule has 0 saturated carbocycles. The smallest absolute Gasteiger partial charge is 0.293 e. The summed E-state index contributed by atoms with van der Waals surface area (Å²) in [6.45, 7) is 1.16. The van der Waals surface area contributed by atoms with Crippen LogP contribution in [0.5, 0.6) is 0 Å². The summed E-state index contributed by atoms with van der Waals surface area (Å²) in [4.78, 5) is 41.3. The highest BCUT2D eigenvalue weighted by atomic mass is 35.5. The zero-order chi connectivity index (χ0) is 25.8. The summed E-state index contributed by atoms with van der Waals surface area (Å²) in [6.07, 6.45) is 5.11. The second-order valence-corrected chi connectivity index (χ2v) is 8.73. The van der Waals surface area contributed by atoms with Gasteiger partial charge in [0.15, 0.2) is 5.65 Å². The zero-order valence-corrected chi connectivity index (χ0v) is 21.4. The maximum absolute atomic E-state index is 13.2. The number of carbonyl (C=O) groups is 1. The van der Waals surface area contributed by atoms with Crippen LogP contribution >= 0.6 is 23.2 Å². The van der Waals surface area contributed by atoms with Crippen molar-refractivity contribution in [2.75, 3.05) is 39.7 Å². The van der Waals surface area contributed by atoms with Crippen molar-refractivity contribution in [3.8, 4) is 11.1 Å². The molecule has 3 aromatic heterocycles. The standard InChI is InChI=1S/C24H24Cl2N6O4/c1-30(9-10-35-2)20(33)14-31-8-7-16(13-31)28-24-27-12-15-11-17(21-18(25)5-4-6-19(21)26)23(34)32(36-3)22(15)29-24/h4-8,11-13H,9-10,14H2,1-3H3,(H,27,28,29). The molecule has 4 rings (SSSR count). The highest BCUT2D eigenvalue weighted by Crippen LogP contribution is 2.33. The average molecular weight is 531 g/mol. The number of amides is 1. The number of hydrogen-bond donors (Lipinski definition) is 1. The van der Waals surface area contributed by atoms with Crippen molar-refractivity contribution in [3.05, 3.63) is 69.3 Å². The molecule has 0 radical (unpaired) electrons. The number of benzene rings is 1. The number of fused-ring (bicyclic) bond motifs is 1. The lowest BCUT2D eigenvalue weighted by Gasteiger charge is -2.16. The molecule has 3 heterocycles. The fraction of sp³-hybridized carbons (Fsp3) is 0.250. The molecule has 0 aliphatic carbocycles. The van der Waals surface area contributed by atoms with Crippen molar-refractivity contribution in [1.82, 2.24) is 24.2 Å². The number of ether oxygens (including phenoxy) is 1. The number of likely N-dealkylation sites (N-methyl/N-ethyl adjacent to an activating group) is 1. The number of hydrogen-bond acceptors (Lipinski definition) is 7. The Labute approximate surface area is 216 Å². The third-order valence-corrected chi connectivity index (χ3v) is 6.13. The molecule has 188 valence electrons. The van der Waals surface area contributed by atoms with E-state index in [0.717, 1.165) is 4.73 Å². The average Bonchev–Trinajstić information content (AvgIpc) is 3.29. The lowest BCUT2D eigenvalue weighted by Crippen LogP contribution is -2.32. The Morgan fingerprint density at radius 2 is 1.94 bits per heavy atom. The Hall–Kier alpha value is -3.60. The van der Waals surface area contributed by atoms with Crippen molar-refractivity contribution in [2.24, 2.45) is 0 Å². The highest BCUT2D eigenvalue weighted by Gasteiger charge is 2.18. The van der Waals surface area contributed by atoms with Crippen LogP contribution in [0.2, 0.25) is 10.0 Å². The number of anilines is 2. The number of nitrogens with zero attached hydrogens (tertiary/aromatic N) is 5. The molecule has 1 aromatic carbocycles. The Balaban J connectivity index is 1.60. The maximum Gasteiger partial charge on any atom is 0.293 e. The number of halogens is 2. The predicted molar refractivity (Wildman–Crippen MR) is 139 cm³/mol. The first-order valence-electron chi connectivity index (χ1n) is 10.9. The molecular weight excluding hydrogens is 507 g/mol. The Bertz CT molecular complexity index is 1450. The molecule has 4 aromatic rings. The van der Waals surface area contributed by atoms with E-state index in [-0.39, 0.29) is 29.6 Å². The molecule has 0 aliphatic rings. The minimum atomic E-state index is -0.466. The summed E-state index contributed by atoms with van der Waals surface area (Å²) in [5, 5.41) is 4.32. The molecule has 0 spiro atoms. The van der Waals surface area contributed by atoms with Gasteiger partial charge in [0.25, 0.3) is 5.56 Å². The quantitative estimate of drug-likeness (QED) is 0.353. The summed E-state index contributed by atoms with van der Waals surface area (Å²) in [5.41, 5.74) is 1.15. The monoisotopic (exact) mass is 530 g/mol. The van der Waals surface area contributed by atoms with E-state index in [9.17, 15) is 9.59 Å². The SMILES string of the molecule is COCCN(C)C(=O)Cn1ccc(Nc2ncc3cc(-c4c(Cl)cccc4Cl)c(=O)n(OC)c3n2)c1. The van der Waals surface area contributed by atoms with E-state index in [4.69, 9.17) is 32.8 Å². The summed E-state index contributed by atoms with van der Waals surface area (Å²) in [7, 11) is 4.69. The van der Waals surface area contributed by atoms with Gasteiger partial charge < -0.3 is 24.4 Å². The minimum Gasteiger partial charge on any atom is -0.412 e. The van der Waals surface area contributed by atoms with Crippen molar-refractivity contribution >= 4 is 51.8 Å². The molecule has 0 unspecified atom stereocenters. The van der Waals surface area contributed by atoms with E-state index in [1.807, 2.05) is 0 Å². The molecule has 0 saturated heterocycles. The maximum atomic E-state index is 13.2. The second-order valence-electron chi connectivity index (χ2n) is 7.91. The van der Waals surface area contributed by atoms with Crippen molar-refractivity contribution in [1.29, 1.82) is 0 Å². The van der Waals surface area contributed by atoms with Gasteiger partial charge in [0.1, 0.15) is 13.7 Å². The van der Waals surface area contributed by atoms with Gasteiger partial charge in [0.05, 0.1) is 27.9 Å². The highest BCUT2D eigenvalue weighted by molar-refractivity contribution is 6.39. The largest absolute Gasteiger partial charge is 0.412 e. The lowest BCUT2D eigenvalue weighted by atomic mass is 10.1. The third-order valence-electron chi connectivity index (χ3n) is 5.50. The van der Waals surface area contributed by atoms with Crippen LogP contribution in [0.15, 0.2) is 53.7 Å². The summed E-state index contributed by atoms with van der Waals surface area (Å²) in [5.74, 6) is 0.201. The first-order valence-corrected chi connectivity index (χ1v) is 11.7. The number of aromatic nitrogens is 4. The first-order chi connectivity index (χ1) is 17.3. The number of methoxy groups -OCH3 is 1. The van der Waals surface area contributed by atoms with Gasteiger partial charge in [-0.05, 0) is 24.3 Å². The van der Waals surface area contributed by atoms with Crippen molar-refractivity contribution in [2.45, 2.75) is 6.54 Å². The van der Waals surface area contributed by atoms with Gasteiger partial charge >= 0.3 is 0 Å². The minimum absolute atomic E-state index is 0.0466. The van der Waals surface area contributed by atoms with Gasteiger partial charge in [-0.25, -0.2) is 4.98 Å². The van der Waals surface area contributed by atoms with Crippen LogP contribution in [0.25, 0.3) is 22.2 Å². The second kappa shape index (κ2) is 11.0. The van der Waals surface area contributed by atoms with Gasteiger partial charge in [-0.2, -0.15) is 4.98 Å². The third kappa shape index (κ3) is 5.30. The van der Waals surface area contributed by atoms with E-state index in [0.29, 0.717) is 39.8 Å². The molecule has 12 heteroatoms. The molecular formula is C24H24Cl2N6O4. The lowest BCUT2D eigenvalue weighted by molar-refractivity contribution is -0.131. The van der Waals surface area contributed by atoms with Crippen LogP contribution in [0.3, 0.4) is 0 Å². The van der Waals surface area contributed by atoms with E-state index >= 15 is 0 Å². The van der Waals surface area contributed by atoms with Gasteiger partial charge in [0, 0.05) is 50.2 Å². The molecule has 0 fully saturated rings. The molecule has 1 N–H and O–H groups in total. The zero-order valence-electron chi connectivity index (χ0n) is 19.9.